The zero-order chi connectivity index (χ0) is 40.8. The second-order valence-electron chi connectivity index (χ2n) is 12.4. The number of hydrogen-bond donors (Lipinski definition) is 5. The molecule has 0 spiro atoms. The summed E-state index contributed by atoms with van der Waals surface area (Å²) in [6.45, 7) is 3.01. The van der Waals surface area contributed by atoms with Gasteiger partial charge in [-0.15, -0.1) is 0 Å². The number of aliphatic hydroxyl groups excluding tert-OH is 3. The Bertz CT molecular complexity index is 1350. The van der Waals surface area contributed by atoms with E-state index in [-0.39, 0.29) is 25.7 Å². The molecular weight excluding hydrogens is 723 g/mol. The summed E-state index contributed by atoms with van der Waals surface area (Å²) in [4.78, 5) is 42.8. The van der Waals surface area contributed by atoms with Crippen molar-refractivity contribution in [3.05, 3.63) is 122 Å². The molecule has 12 heteroatoms. The summed E-state index contributed by atoms with van der Waals surface area (Å²) < 4.78 is 26.1. The molecule has 4 atom stereocenters. The van der Waals surface area contributed by atoms with E-state index in [0.717, 1.165) is 38.5 Å². The molecule has 308 valence electrons. The fourth-order valence-electron chi connectivity index (χ4n) is 4.39. The molecule has 0 heterocycles. The minimum Gasteiger partial charge on any atom is -0.462 e. The SMILES string of the molecule is CC/C=C\C/C=C\C/C=C\C/C=C\C/C=C\CCCC(=O)OC[C@H](COP(=O)(O)O)OC(=O)CCC[C@@H](O)[C@H](O)\C=C/C=C\C=C\C=C\[C@@H](O)C/C=C\CC. The Morgan fingerprint density at radius 1 is 0.618 bits per heavy atom. The molecule has 0 aromatic carbocycles. The first-order valence-corrected chi connectivity index (χ1v) is 20.7. The Labute approximate surface area is 328 Å². The van der Waals surface area contributed by atoms with E-state index in [1.165, 1.54) is 6.08 Å². The molecule has 0 unspecified atom stereocenters. The molecule has 55 heavy (non-hydrogen) atoms. The summed E-state index contributed by atoms with van der Waals surface area (Å²) in [6.07, 6.45) is 41.6. The zero-order valence-corrected chi connectivity index (χ0v) is 33.5. The van der Waals surface area contributed by atoms with E-state index in [4.69, 9.17) is 19.3 Å². The van der Waals surface area contributed by atoms with Crippen LogP contribution in [0.15, 0.2) is 122 Å². The number of esters is 2. The minimum atomic E-state index is -4.87. The Morgan fingerprint density at radius 3 is 1.71 bits per heavy atom. The maximum absolute atomic E-state index is 12.4. The number of hydrogen-bond acceptors (Lipinski definition) is 9. The van der Waals surface area contributed by atoms with E-state index in [9.17, 15) is 29.5 Å². The Kier molecular flexibility index (Phi) is 33.6. The first-order chi connectivity index (χ1) is 26.5. The van der Waals surface area contributed by atoms with Crippen molar-refractivity contribution in [2.75, 3.05) is 13.2 Å². The van der Waals surface area contributed by atoms with Gasteiger partial charge >= 0.3 is 19.8 Å². The number of aliphatic hydroxyl groups is 3. The summed E-state index contributed by atoms with van der Waals surface area (Å²) in [7, 11) is -4.87. The van der Waals surface area contributed by atoms with E-state index >= 15 is 0 Å². The van der Waals surface area contributed by atoms with Crippen molar-refractivity contribution in [1.29, 1.82) is 0 Å². The number of phosphoric acid groups is 1. The van der Waals surface area contributed by atoms with Crippen LogP contribution in [0.1, 0.15) is 97.3 Å². The standard InChI is InChI=1S/C43H65O11P/c1-3-5-7-8-9-10-11-12-13-14-15-16-17-18-19-24-28-34-42(47)52-36-39(37-53-55(49,50)51)54-43(48)35-29-33-41(46)40(45)32-27-23-21-20-22-26-31-38(44)30-25-6-4-2/h5-7,9-10,12-13,15-16,18-23,25-27,31-32,38-41,44-46H,3-4,8,11,14,17,24,28-30,33-37H2,1-2H3,(H2,49,50,51)/b7-5-,10-9-,13-12-,16-15-,19-18-,22-20+,23-21-,25-6-,31-26+,32-27-/t38-,39+,40+,41+/m0/s1. The zero-order valence-electron chi connectivity index (χ0n) is 32.6. The first-order valence-electron chi connectivity index (χ1n) is 19.2. The summed E-state index contributed by atoms with van der Waals surface area (Å²) >= 11 is 0. The maximum Gasteiger partial charge on any atom is 0.469 e. The average Bonchev–Trinajstić information content (AvgIpc) is 3.14. The molecule has 0 aliphatic carbocycles. The van der Waals surface area contributed by atoms with Crippen LogP contribution in [0.4, 0.5) is 0 Å². The third-order valence-electron chi connectivity index (χ3n) is 7.32. The molecule has 0 saturated heterocycles. The largest absolute Gasteiger partial charge is 0.469 e. The van der Waals surface area contributed by atoms with Gasteiger partial charge in [-0.05, 0) is 70.6 Å². The van der Waals surface area contributed by atoms with E-state index in [0.29, 0.717) is 19.3 Å². The predicted molar refractivity (Wildman–Crippen MR) is 220 cm³/mol. The van der Waals surface area contributed by atoms with Crippen LogP contribution in [0.2, 0.25) is 0 Å². The van der Waals surface area contributed by atoms with Crippen LogP contribution in [0, 0.1) is 0 Å². The van der Waals surface area contributed by atoms with Crippen molar-refractivity contribution < 1.29 is 53.3 Å². The molecule has 0 aromatic rings. The Hall–Kier alpha value is -3.67. The van der Waals surface area contributed by atoms with E-state index in [2.05, 4.69) is 60.1 Å². The summed E-state index contributed by atoms with van der Waals surface area (Å²) in [5.74, 6) is -1.30. The van der Waals surface area contributed by atoms with Crippen LogP contribution in [-0.2, 0) is 28.2 Å². The summed E-state index contributed by atoms with van der Waals surface area (Å²) in [5, 5.41) is 30.2. The van der Waals surface area contributed by atoms with Gasteiger partial charge in [0.15, 0.2) is 6.10 Å². The van der Waals surface area contributed by atoms with Crippen LogP contribution >= 0.6 is 7.82 Å². The second-order valence-corrected chi connectivity index (χ2v) is 13.6. The lowest BCUT2D eigenvalue weighted by Crippen LogP contribution is -2.29. The van der Waals surface area contributed by atoms with Gasteiger partial charge in [0.05, 0.1) is 24.9 Å². The maximum atomic E-state index is 12.4. The number of allylic oxidation sites excluding steroid dienone is 17. The molecule has 0 radical (unpaired) electrons. The van der Waals surface area contributed by atoms with Crippen LogP contribution in [0.5, 0.6) is 0 Å². The monoisotopic (exact) mass is 788 g/mol. The average molecular weight is 789 g/mol. The lowest BCUT2D eigenvalue weighted by Gasteiger charge is -2.19. The Morgan fingerprint density at radius 2 is 1.13 bits per heavy atom. The van der Waals surface area contributed by atoms with Gasteiger partial charge in [-0.3, -0.25) is 14.1 Å². The van der Waals surface area contributed by atoms with Crippen LogP contribution in [-0.4, -0.2) is 74.7 Å². The highest BCUT2D eigenvalue weighted by Gasteiger charge is 2.23. The quantitative estimate of drug-likeness (QED) is 0.0146. The lowest BCUT2D eigenvalue weighted by atomic mass is 10.1. The first kappa shape index (κ1) is 51.3. The molecule has 0 amide bonds. The van der Waals surface area contributed by atoms with Crippen molar-refractivity contribution in [3.63, 3.8) is 0 Å². The molecule has 0 rings (SSSR count). The topological polar surface area (TPSA) is 180 Å². The lowest BCUT2D eigenvalue weighted by molar-refractivity contribution is -0.161. The minimum absolute atomic E-state index is 0.0707. The fraction of sp³-hybridized carbons (Fsp3) is 0.488. The molecule has 0 fully saturated rings. The van der Waals surface area contributed by atoms with Gasteiger partial charge in [0.1, 0.15) is 6.61 Å². The number of carbonyl (C=O) groups excluding carboxylic acids is 2. The molecule has 0 aromatic heterocycles. The third-order valence-corrected chi connectivity index (χ3v) is 7.80. The van der Waals surface area contributed by atoms with Crippen molar-refractivity contribution in [3.8, 4) is 0 Å². The summed E-state index contributed by atoms with van der Waals surface area (Å²) in [5.41, 5.74) is 0. The molecular formula is C43H65O11P. The van der Waals surface area contributed by atoms with E-state index < -0.39 is 57.4 Å². The third kappa shape index (κ3) is 37.0. The normalized spacial score (nSPS) is 15.5. The van der Waals surface area contributed by atoms with Crippen molar-refractivity contribution in [2.24, 2.45) is 0 Å². The molecule has 0 aliphatic rings. The van der Waals surface area contributed by atoms with Crippen molar-refractivity contribution in [2.45, 2.75) is 122 Å². The number of phosphoric ester groups is 1. The van der Waals surface area contributed by atoms with Gasteiger partial charge < -0.3 is 34.6 Å². The van der Waals surface area contributed by atoms with Gasteiger partial charge in [-0.25, -0.2) is 4.57 Å². The van der Waals surface area contributed by atoms with Gasteiger partial charge in [-0.2, -0.15) is 0 Å². The van der Waals surface area contributed by atoms with Crippen LogP contribution < -0.4 is 0 Å². The fourth-order valence-corrected chi connectivity index (χ4v) is 4.75. The van der Waals surface area contributed by atoms with Gasteiger partial charge in [0.25, 0.3) is 0 Å². The van der Waals surface area contributed by atoms with Gasteiger partial charge in [0.2, 0.25) is 0 Å². The number of rotatable bonds is 32. The smallest absolute Gasteiger partial charge is 0.462 e. The predicted octanol–water partition coefficient (Wildman–Crippen LogP) is 8.31. The van der Waals surface area contributed by atoms with E-state index in [1.54, 1.807) is 42.5 Å². The van der Waals surface area contributed by atoms with E-state index in [1.807, 2.05) is 31.2 Å². The number of carbonyl (C=O) groups is 2. The van der Waals surface area contributed by atoms with Gasteiger partial charge in [0, 0.05) is 12.8 Å². The highest BCUT2D eigenvalue weighted by Crippen LogP contribution is 2.36. The highest BCUT2D eigenvalue weighted by molar-refractivity contribution is 7.46. The second kappa shape index (κ2) is 36.0. The molecule has 11 nitrogen and oxygen atoms in total. The highest BCUT2D eigenvalue weighted by atomic mass is 31.2. The molecule has 0 bridgehead atoms. The van der Waals surface area contributed by atoms with Crippen LogP contribution in [0.25, 0.3) is 0 Å². The molecule has 0 aliphatic heterocycles. The molecule has 0 saturated carbocycles. The van der Waals surface area contributed by atoms with Crippen LogP contribution in [0.3, 0.4) is 0 Å². The number of ether oxygens (including phenoxy) is 2. The Balaban J connectivity index is 4.44. The van der Waals surface area contributed by atoms with Crippen molar-refractivity contribution >= 4 is 19.8 Å². The summed E-state index contributed by atoms with van der Waals surface area (Å²) in [6, 6.07) is 0. The molecule has 5 N–H and O–H groups in total. The van der Waals surface area contributed by atoms with Crippen molar-refractivity contribution in [1.82, 2.24) is 0 Å². The van der Waals surface area contributed by atoms with Gasteiger partial charge in [-0.1, -0.05) is 135 Å². The number of unbranched alkanes of at least 4 members (excludes halogenated alkanes) is 1.